The van der Waals surface area contributed by atoms with Gasteiger partial charge in [0.1, 0.15) is 0 Å². The molecule has 0 saturated carbocycles. The van der Waals surface area contributed by atoms with Crippen molar-refractivity contribution in [2.75, 3.05) is 10.6 Å². The smallest absolute Gasteiger partial charge is 0.0605 e. The second-order valence-corrected chi connectivity index (χ2v) is 4.49. The zero-order chi connectivity index (χ0) is 11.8. The van der Waals surface area contributed by atoms with E-state index >= 15 is 0 Å². The third-order valence-corrected chi connectivity index (χ3v) is 3.27. The van der Waals surface area contributed by atoms with Crippen LogP contribution in [0.3, 0.4) is 0 Å². The van der Waals surface area contributed by atoms with Crippen molar-refractivity contribution in [1.82, 2.24) is 4.98 Å². The zero-order valence-corrected chi connectivity index (χ0v) is 9.85. The molecule has 0 fully saturated rings. The number of anilines is 2. The van der Waals surface area contributed by atoms with Crippen molar-refractivity contribution < 1.29 is 0 Å². The van der Waals surface area contributed by atoms with E-state index in [-0.39, 0.29) is 0 Å². The van der Waals surface area contributed by atoms with Crippen LogP contribution in [0.4, 0.5) is 11.4 Å². The average Bonchev–Trinajstić information content (AvgIpc) is 2.72. The average molecular weight is 225 g/mol. The summed E-state index contributed by atoms with van der Waals surface area (Å²) in [4.78, 5) is 6.68. The first kappa shape index (κ1) is 10.1. The highest BCUT2D eigenvalue weighted by atomic mass is 15.2. The van der Waals surface area contributed by atoms with Crippen LogP contribution >= 0.6 is 0 Å². The lowest BCUT2D eigenvalue weighted by atomic mass is 10.1. The van der Waals surface area contributed by atoms with Crippen molar-refractivity contribution in [3.8, 4) is 0 Å². The van der Waals surface area contributed by atoms with E-state index in [2.05, 4.69) is 28.1 Å². The topological polar surface area (TPSA) is 42.2 Å². The first-order chi connectivity index (χ1) is 8.24. The Balaban J connectivity index is 1.94. The van der Waals surface area contributed by atoms with Gasteiger partial charge in [0.05, 0.1) is 11.4 Å². The maximum atomic E-state index is 5.81. The lowest BCUT2D eigenvalue weighted by Crippen LogP contribution is -2.15. The van der Waals surface area contributed by atoms with Gasteiger partial charge in [0.15, 0.2) is 0 Å². The standard InChI is InChI=1S/C14H15N3/c1-10-14(3-2-6-16-10)17-8-11-4-5-13(15)7-12(11)9-17/h2-7H,8-9,15H2,1H3. The van der Waals surface area contributed by atoms with Crippen molar-refractivity contribution in [3.05, 3.63) is 53.3 Å². The summed E-state index contributed by atoms with van der Waals surface area (Å²) in [6.45, 7) is 3.92. The first-order valence-electron chi connectivity index (χ1n) is 5.78. The highest BCUT2D eigenvalue weighted by molar-refractivity contribution is 5.56. The maximum absolute atomic E-state index is 5.81. The molecule has 2 aromatic rings. The Bertz CT molecular complexity index is 563. The van der Waals surface area contributed by atoms with E-state index in [0.717, 1.165) is 24.5 Å². The van der Waals surface area contributed by atoms with E-state index in [1.165, 1.54) is 16.8 Å². The van der Waals surface area contributed by atoms with E-state index in [0.29, 0.717) is 0 Å². The highest BCUT2D eigenvalue weighted by Gasteiger charge is 2.20. The number of nitrogens with zero attached hydrogens (tertiary/aromatic N) is 2. The Morgan fingerprint density at radius 3 is 2.82 bits per heavy atom. The number of rotatable bonds is 1. The Kier molecular flexibility index (Phi) is 2.25. The molecule has 86 valence electrons. The van der Waals surface area contributed by atoms with Gasteiger partial charge in [-0.1, -0.05) is 6.07 Å². The monoisotopic (exact) mass is 225 g/mol. The van der Waals surface area contributed by atoms with Crippen molar-refractivity contribution in [2.24, 2.45) is 0 Å². The Hall–Kier alpha value is -2.03. The second-order valence-electron chi connectivity index (χ2n) is 4.49. The molecule has 0 atom stereocenters. The fraction of sp³-hybridized carbons (Fsp3) is 0.214. The van der Waals surface area contributed by atoms with Crippen molar-refractivity contribution in [1.29, 1.82) is 0 Å². The molecule has 0 spiro atoms. The largest absolute Gasteiger partial charge is 0.399 e. The van der Waals surface area contributed by atoms with Crippen LogP contribution < -0.4 is 10.6 Å². The van der Waals surface area contributed by atoms with Crippen LogP contribution in [-0.4, -0.2) is 4.98 Å². The van der Waals surface area contributed by atoms with Gasteiger partial charge in [-0.05, 0) is 42.3 Å². The van der Waals surface area contributed by atoms with Gasteiger partial charge >= 0.3 is 0 Å². The summed E-state index contributed by atoms with van der Waals surface area (Å²) >= 11 is 0. The summed E-state index contributed by atoms with van der Waals surface area (Å²) in [7, 11) is 0. The van der Waals surface area contributed by atoms with Crippen molar-refractivity contribution in [3.63, 3.8) is 0 Å². The number of pyridine rings is 1. The molecule has 0 amide bonds. The summed E-state index contributed by atoms with van der Waals surface area (Å²) in [6.07, 6.45) is 1.83. The van der Waals surface area contributed by atoms with Crippen LogP contribution in [0.2, 0.25) is 0 Å². The molecular formula is C14H15N3. The molecule has 3 rings (SSSR count). The summed E-state index contributed by atoms with van der Waals surface area (Å²) in [6, 6.07) is 10.3. The molecule has 1 aromatic heterocycles. The van der Waals surface area contributed by atoms with E-state index in [1.54, 1.807) is 0 Å². The first-order valence-corrected chi connectivity index (χ1v) is 5.78. The lowest BCUT2D eigenvalue weighted by molar-refractivity contribution is 0.867. The molecule has 1 aromatic carbocycles. The fourth-order valence-corrected chi connectivity index (χ4v) is 2.39. The molecule has 1 aliphatic heterocycles. The normalized spacial score (nSPS) is 13.8. The molecule has 1 aliphatic rings. The number of hydrogen-bond donors (Lipinski definition) is 1. The molecule has 3 heteroatoms. The Morgan fingerprint density at radius 2 is 2.00 bits per heavy atom. The Labute approximate surface area is 101 Å². The summed E-state index contributed by atoms with van der Waals surface area (Å²) in [5, 5.41) is 0. The van der Waals surface area contributed by atoms with Gasteiger partial charge < -0.3 is 10.6 Å². The van der Waals surface area contributed by atoms with Crippen molar-refractivity contribution in [2.45, 2.75) is 20.0 Å². The third-order valence-electron chi connectivity index (χ3n) is 3.27. The minimum atomic E-state index is 0.841. The Morgan fingerprint density at radius 1 is 1.18 bits per heavy atom. The van der Waals surface area contributed by atoms with E-state index in [4.69, 9.17) is 5.73 Å². The van der Waals surface area contributed by atoms with E-state index in [1.807, 2.05) is 25.3 Å². The van der Waals surface area contributed by atoms with Gasteiger partial charge in [0.2, 0.25) is 0 Å². The summed E-state index contributed by atoms with van der Waals surface area (Å²) < 4.78 is 0. The molecule has 3 nitrogen and oxygen atoms in total. The van der Waals surface area contributed by atoms with Crippen molar-refractivity contribution >= 4 is 11.4 Å². The zero-order valence-electron chi connectivity index (χ0n) is 9.85. The SMILES string of the molecule is Cc1ncccc1N1Cc2ccc(N)cc2C1. The number of benzene rings is 1. The van der Waals surface area contributed by atoms with Crippen LogP contribution in [0.1, 0.15) is 16.8 Å². The second kappa shape index (κ2) is 3.77. The lowest BCUT2D eigenvalue weighted by Gasteiger charge is -2.19. The molecule has 0 unspecified atom stereocenters. The van der Waals surface area contributed by atoms with Crippen LogP contribution in [-0.2, 0) is 13.1 Å². The van der Waals surface area contributed by atoms with Gasteiger partial charge in [-0.2, -0.15) is 0 Å². The van der Waals surface area contributed by atoms with Gasteiger partial charge in [-0.3, -0.25) is 4.98 Å². The molecule has 0 saturated heterocycles. The fourth-order valence-electron chi connectivity index (χ4n) is 2.39. The molecule has 17 heavy (non-hydrogen) atoms. The summed E-state index contributed by atoms with van der Waals surface area (Å²) in [5.41, 5.74) is 11.6. The number of nitrogen functional groups attached to an aromatic ring is 1. The quantitative estimate of drug-likeness (QED) is 0.758. The number of aryl methyl sites for hydroxylation is 1. The van der Waals surface area contributed by atoms with E-state index < -0.39 is 0 Å². The van der Waals surface area contributed by atoms with Crippen LogP contribution in [0.25, 0.3) is 0 Å². The van der Waals surface area contributed by atoms with Gasteiger partial charge in [-0.15, -0.1) is 0 Å². The maximum Gasteiger partial charge on any atom is 0.0605 e. The number of aromatic nitrogens is 1. The molecule has 0 bridgehead atoms. The number of hydrogen-bond acceptors (Lipinski definition) is 3. The summed E-state index contributed by atoms with van der Waals surface area (Å²) in [5.74, 6) is 0. The number of fused-ring (bicyclic) bond motifs is 1. The van der Waals surface area contributed by atoms with Crippen LogP contribution in [0.5, 0.6) is 0 Å². The molecule has 2 N–H and O–H groups in total. The molecule has 2 heterocycles. The molecular weight excluding hydrogens is 210 g/mol. The van der Waals surface area contributed by atoms with Gasteiger partial charge in [0.25, 0.3) is 0 Å². The highest BCUT2D eigenvalue weighted by Crippen LogP contribution is 2.30. The minimum Gasteiger partial charge on any atom is -0.399 e. The minimum absolute atomic E-state index is 0.841. The van der Waals surface area contributed by atoms with E-state index in [9.17, 15) is 0 Å². The molecule has 0 aliphatic carbocycles. The predicted octanol–water partition coefficient (Wildman–Crippen LogP) is 2.49. The number of nitrogens with two attached hydrogens (primary N) is 1. The molecule has 0 radical (unpaired) electrons. The van der Waals surface area contributed by atoms with Gasteiger partial charge in [-0.25, -0.2) is 0 Å². The van der Waals surface area contributed by atoms with Gasteiger partial charge in [0, 0.05) is 25.0 Å². The van der Waals surface area contributed by atoms with Crippen LogP contribution in [0, 0.1) is 6.92 Å². The predicted molar refractivity (Wildman–Crippen MR) is 69.7 cm³/mol. The third kappa shape index (κ3) is 1.73. The van der Waals surface area contributed by atoms with Crippen LogP contribution in [0.15, 0.2) is 36.5 Å².